The largest absolute Gasteiger partial charge is 0.342 e. The molecule has 0 N–H and O–H groups in total. The number of carbonyl (C=O) groups excluding carboxylic acids is 2. The quantitative estimate of drug-likeness (QED) is 0.800. The van der Waals surface area contributed by atoms with Crippen LogP contribution in [0.15, 0.2) is 30.5 Å². The van der Waals surface area contributed by atoms with Gasteiger partial charge in [0.1, 0.15) is 11.6 Å². The van der Waals surface area contributed by atoms with E-state index in [1.165, 1.54) is 6.07 Å². The molecule has 152 valence electrons. The molecule has 2 aromatic rings. The van der Waals surface area contributed by atoms with Crippen molar-refractivity contribution in [2.45, 2.75) is 45.1 Å². The van der Waals surface area contributed by atoms with E-state index in [9.17, 15) is 14.0 Å². The lowest BCUT2D eigenvalue weighted by atomic mass is 9.96. The van der Waals surface area contributed by atoms with Gasteiger partial charge in [0, 0.05) is 57.2 Å². The van der Waals surface area contributed by atoms with E-state index >= 15 is 0 Å². The Balaban J connectivity index is 1.43. The third-order valence-corrected chi connectivity index (χ3v) is 5.84. The molecule has 1 unspecified atom stereocenters. The van der Waals surface area contributed by atoms with Crippen molar-refractivity contribution in [3.8, 4) is 0 Å². The minimum absolute atomic E-state index is 0.0594. The van der Waals surface area contributed by atoms with Gasteiger partial charge in [-0.15, -0.1) is 0 Å². The minimum atomic E-state index is -0.349. The summed E-state index contributed by atoms with van der Waals surface area (Å²) in [5.41, 5.74) is 2.34. The van der Waals surface area contributed by atoms with E-state index in [4.69, 9.17) is 4.98 Å². The average molecular weight is 396 g/mol. The van der Waals surface area contributed by atoms with Crippen LogP contribution in [0, 0.1) is 5.82 Å². The highest BCUT2D eigenvalue weighted by Gasteiger charge is 2.27. The molecule has 1 fully saturated rings. The number of hydrogen-bond donors (Lipinski definition) is 0. The van der Waals surface area contributed by atoms with E-state index < -0.39 is 0 Å². The van der Waals surface area contributed by atoms with Crippen LogP contribution in [0.5, 0.6) is 0 Å². The van der Waals surface area contributed by atoms with Gasteiger partial charge in [-0.1, -0.05) is 18.2 Å². The number of carbonyl (C=O) groups is 2. The van der Waals surface area contributed by atoms with Crippen LogP contribution in [-0.2, 0) is 29.0 Å². The highest BCUT2D eigenvalue weighted by molar-refractivity contribution is 5.79. The molecule has 3 heterocycles. The highest BCUT2D eigenvalue weighted by atomic mass is 19.1. The molecule has 1 aromatic heterocycles. The molecule has 2 aliphatic heterocycles. The van der Waals surface area contributed by atoms with E-state index in [2.05, 4.69) is 4.98 Å². The van der Waals surface area contributed by atoms with Crippen molar-refractivity contribution in [3.63, 3.8) is 0 Å². The Morgan fingerprint density at radius 2 is 2.03 bits per heavy atom. The van der Waals surface area contributed by atoms with Crippen molar-refractivity contribution in [1.82, 2.24) is 19.8 Å². The third kappa shape index (κ3) is 4.28. The third-order valence-electron chi connectivity index (χ3n) is 5.84. The first-order valence-electron chi connectivity index (χ1n) is 10.1. The van der Waals surface area contributed by atoms with Gasteiger partial charge in [0.05, 0.1) is 12.1 Å². The smallest absolute Gasteiger partial charge is 0.227 e. The Labute approximate surface area is 169 Å². The normalized spacial score (nSPS) is 19.0. The van der Waals surface area contributed by atoms with E-state index in [1.807, 2.05) is 11.1 Å². The molecule has 0 aliphatic carbocycles. The van der Waals surface area contributed by atoms with Crippen LogP contribution in [-0.4, -0.2) is 51.2 Å². The number of piperidine rings is 1. The Hall–Kier alpha value is -2.83. The topological polar surface area (TPSA) is 66.4 Å². The van der Waals surface area contributed by atoms with Crippen LogP contribution in [0.4, 0.5) is 4.39 Å². The molecule has 4 rings (SSSR count). The zero-order valence-corrected chi connectivity index (χ0v) is 16.6. The second kappa shape index (κ2) is 8.27. The minimum Gasteiger partial charge on any atom is -0.342 e. The number of likely N-dealkylation sites (tertiary alicyclic amines) is 1. The van der Waals surface area contributed by atoms with Crippen molar-refractivity contribution in [1.29, 1.82) is 0 Å². The highest BCUT2D eigenvalue weighted by Crippen LogP contribution is 2.26. The summed E-state index contributed by atoms with van der Waals surface area (Å²) in [6.45, 7) is 4.09. The van der Waals surface area contributed by atoms with Crippen molar-refractivity contribution in [2.24, 2.45) is 0 Å². The number of amides is 2. The molecule has 1 saturated heterocycles. The average Bonchev–Trinajstić information content (AvgIpc) is 2.74. The number of hydrogen-bond acceptors (Lipinski definition) is 4. The van der Waals surface area contributed by atoms with Gasteiger partial charge >= 0.3 is 0 Å². The van der Waals surface area contributed by atoms with Gasteiger partial charge < -0.3 is 9.80 Å². The molecule has 1 aromatic carbocycles. The summed E-state index contributed by atoms with van der Waals surface area (Å²) >= 11 is 0. The van der Waals surface area contributed by atoms with E-state index in [1.54, 1.807) is 30.0 Å². The predicted molar refractivity (Wildman–Crippen MR) is 105 cm³/mol. The van der Waals surface area contributed by atoms with Crippen LogP contribution in [0.3, 0.4) is 0 Å². The van der Waals surface area contributed by atoms with Gasteiger partial charge in [-0.25, -0.2) is 14.4 Å². The number of benzene rings is 1. The van der Waals surface area contributed by atoms with Gasteiger partial charge in [0.25, 0.3) is 0 Å². The van der Waals surface area contributed by atoms with E-state index in [0.717, 1.165) is 36.5 Å². The van der Waals surface area contributed by atoms with Crippen LogP contribution < -0.4 is 0 Å². The fourth-order valence-corrected chi connectivity index (χ4v) is 4.13. The Morgan fingerprint density at radius 3 is 2.83 bits per heavy atom. The first kappa shape index (κ1) is 19.5. The molecular formula is C22H25FN4O2. The molecule has 2 amide bonds. The summed E-state index contributed by atoms with van der Waals surface area (Å²) in [6.07, 6.45) is 4.48. The fourth-order valence-electron chi connectivity index (χ4n) is 4.13. The summed E-state index contributed by atoms with van der Waals surface area (Å²) in [4.78, 5) is 37.2. The zero-order chi connectivity index (χ0) is 20.4. The summed E-state index contributed by atoms with van der Waals surface area (Å²) in [7, 11) is 0. The van der Waals surface area contributed by atoms with E-state index in [0.29, 0.717) is 31.6 Å². The SMILES string of the molecule is CC(=O)N1CCCC(c2ncc3c(n2)CCN(C(=O)Cc2ccccc2F)C3)C1. The summed E-state index contributed by atoms with van der Waals surface area (Å²) in [5.74, 6) is 0.615. The van der Waals surface area contributed by atoms with E-state index in [-0.39, 0.29) is 30.0 Å². The maximum absolute atomic E-state index is 13.8. The maximum Gasteiger partial charge on any atom is 0.227 e. The molecule has 0 saturated carbocycles. The van der Waals surface area contributed by atoms with Gasteiger partial charge in [-0.2, -0.15) is 0 Å². The Bertz CT molecular complexity index is 933. The van der Waals surface area contributed by atoms with Crippen molar-refractivity contribution >= 4 is 11.8 Å². The number of rotatable bonds is 3. The maximum atomic E-state index is 13.8. The van der Waals surface area contributed by atoms with Crippen molar-refractivity contribution in [2.75, 3.05) is 19.6 Å². The van der Waals surface area contributed by atoms with Gasteiger partial charge in [-0.3, -0.25) is 9.59 Å². The van der Waals surface area contributed by atoms with Gasteiger partial charge in [0.2, 0.25) is 11.8 Å². The predicted octanol–water partition coefficient (Wildman–Crippen LogP) is 2.47. The molecule has 2 aliphatic rings. The molecular weight excluding hydrogens is 371 g/mol. The number of fused-ring (bicyclic) bond motifs is 1. The summed E-state index contributed by atoms with van der Waals surface area (Å²) in [6, 6.07) is 6.39. The lowest BCUT2D eigenvalue weighted by Gasteiger charge is -2.32. The van der Waals surface area contributed by atoms with Crippen molar-refractivity contribution < 1.29 is 14.0 Å². The lowest BCUT2D eigenvalue weighted by Crippen LogP contribution is -2.39. The number of aromatic nitrogens is 2. The van der Waals surface area contributed by atoms with Gasteiger partial charge in [0.15, 0.2) is 0 Å². The standard InChI is InChI=1S/C22H25FN4O2/c1-15(28)26-9-4-6-17(13-26)22-24-12-18-14-27(10-8-20(18)25-22)21(29)11-16-5-2-3-7-19(16)23/h2-3,5,7,12,17H,4,6,8-11,13-14H2,1H3. The monoisotopic (exact) mass is 396 g/mol. The first-order chi connectivity index (χ1) is 14.0. The lowest BCUT2D eigenvalue weighted by molar-refractivity contribution is -0.131. The molecule has 0 bridgehead atoms. The Morgan fingerprint density at radius 1 is 1.21 bits per heavy atom. The van der Waals surface area contributed by atoms with Crippen LogP contribution in [0.2, 0.25) is 0 Å². The van der Waals surface area contributed by atoms with Crippen LogP contribution >= 0.6 is 0 Å². The van der Waals surface area contributed by atoms with Gasteiger partial charge in [-0.05, 0) is 24.5 Å². The molecule has 1 atom stereocenters. The first-order valence-corrected chi connectivity index (χ1v) is 10.1. The molecule has 0 spiro atoms. The van der Waals surface area contributed by atoms with Crippen molar-refractivity contribution in [3.05, 3.63) is 58.9 Å². The molecule has 7 heteroatoms. The molecule has 6 nitrogen and oxygen atoms in total. The zero-order valence-electron chi connectivity index (χ0n) is 16.6. The number of nitrogens with zero attached hydrogens (tertiary/aromatic N) is 4. The van der Waals surface area contributed by atoms with Crippen LogP contribution in [0.1, 0.15) is 48.3 Å². The molecule has 29 heavy (non-hydrogen) atoms. The second-order valence-corrected chi connectivity index (χ2v) is 7.84. The summed E-state index contributed by atoms with van der Waals surface area (Å²) in [5, 5.41) is 0. The molecule has 0 radical (unpaired) electrons. The Kier molecular flexibility index (Phi) is 5.56. The fraction of sp³-hybridized carbons (Fsp3) is 0.455. The summed E-state index contributed by atoms with van der Waals surface area (Å²) < 4.78 is 13.8. The number of halogens is 1. The second-order valence-electron chi connectivity index (χ2n) is 7.84. The van der Waals surface area contributed by atoms with Crippen LogP contribution in [0.25, 0.3) is 0 Å².